The van der Waals surface area contributed by atoms with Gasteiger partial charge >= 0.3 is 11.9 Å². The molecule has 0 bridgehead atoms. The highest BCUT2D eigenvalue weighted by Gasteiger charge is 2.58. The number of ether oxygens (including phenoxy) is 3. The van der Waals surface area contributed by atoms with Gasteiger partial charge in [0.2, 0.25) is 0 Å². The number of rotatable bonds is 4. The highest BCUT2D eigenvalue weighted by Crippen LogP contribution is 2.51. The Hall–Kier alpha value is -2.05. The molecule has 0 aromatic heterocycles. The third kappa shape index (κ3) is 3.21. The molecule has 2 aliphatic rings. The molecule has 1 fully saturated rings. The molecule has 1 saturated heterocycles. The molecule has 3 rings (SSSR count). The number of halogens is 1. The van der Waals surface area contributed by atoms with Crippen molar-refractivity contribution in [1.29, 1.82) is 0 Å². The normalized spacial score (nSPS) is 27.4. The van der Waals surface area contributed by atoms with Crippen LogP contribution >= 0.6 is 11.6 Å². The second kappa shape index (κ2) is 7.52. The van der Waals surface area contributed by atoms with E-state index < -0.39 is 29.5 Å². The van der Waals surface area contributed by atoms with E-state index in [0.29, 0.717) is 23.7 Å². The summed E-state index contributed by atoms with van der Waals surface area (Å²) in [7, 11) is 1.34. The van der Waals surface area contributed by atoms with Crippen molar-refractivity contribution in [3.05, 3.63) is 46.1 Å². The van der Waals surface area contributed by atoms with Gasteiger partial charge in [-0.15, -0.1) is 0 Å². The Morgan fingerprint density at radius 3 is 2.78 bits per heavy atom. The largest absolute Gasteiger partial charge is 0.469 e. The van der Waals surface area contributed by atoms with E-state index in [9.17, 15) is 9.59 Å². The molecule has 3 unspecified atom stereocenters. The summed E-state index contributed by atoms with van der Waals surface area (Å²) in [5.74, 6) is -2.22. The number of esters is 2. The molecule has 0 N–H and O–H groups in total. The third-order valence-corrected chi connectivity index (χ3v) is 5.65. The second-order valence-corrected chi connectivity index (χ2v) is 7.24. The molecule has 2 aliphatic heterocycles. The minimum atomic E-state index is -0.917. The van der Waals surface area contributed by atoms with Crippen LogP contribution in [0.15, 0.2) is 35.5 Å². The van der Waals surface area contributed by atoms with E-state index in [4.69, 9.17) is 25.8 Å². The predicted octanol–water partition coefficient (Wildman–Crippen LogP) is 3.11. The van der Waals surface area contributed by atoms with Crippen molar-refractivity contribution < 1.29 is 23.8 Å². The number of fused-ring (bicyclic) bond motifs is 1. The SMILES string of the molecule is CCOC(=O)C1=C(C)N2CCOC2(C)C(C(=O)OC)C1c1cccc(Cl)c1. The number of methoxy groups -OCH3 is 1. The number of benzene rings is 1. The Morgan fingerprint density at radius 2 is 2.15 bits per heavy atom. The maximum atomic E-state index is 12.9. The van der Waals surface area contributed by atoms with Crippen LogP contribution in [-0.4, -0.2) is 49.4 Å². The zero-order valence-corrected chi connectivity index (χ0v) is 16.7. The first-order valence-electron chi connectivity index (χ1n) is 8.98. The first-order valence-corrected chi connectivity index (χ1v) is 9.35. The molecule has 0 radical (unpaired) electrons. The summed E-state index contributed by atoms with van der Waals surface area (Å²) < 4.78 is 16.5. The van der Waals surface area contributed by atoms with Crippen molar-refractivity contribution in [2.45, 2.75) is 32.4 Å². The van der Waals surface area contributed by atoms with Crippen molar-refractivity contribution in [3.63, 3.8) is 0 Å². The fourth-order valence-corrected chi connectivity index (χ4v) is 4.47. The van der Waals surface area contributed by atoms with Gasteiger partial charge in [0.05, 0.1) is 25.9 Å². The summed E-state index contributed by atoms with van der Waals surface area (Å²) in [6.45, 7) is 6.77. The molecule has 146 valence electrons. The van der Waals surface area contributed by atoms with Gasteiger partial charge < -0.3 is 19.1 Å². The lowest BCUT2D eigenvalue weighted by Crippen LogP contribution is -2.57. The predicted molar refractivity (Wildman–Crippen MR) is 100 cm³/mol. The summed E-state index contributed by atoms with van der Waals surface area (Å²) in [6.07, 6.45) is 0. The number of nitrogens with zero attached hydrogens (tertiary/aromatic N) is 1. The second-order valence-electron chi connectivity index (χ2n) is 6.81. The fraction of sp³-hybridized carbons (Fsp3) is 0.500. The maximum absolute atomic E-state index is 12.9. The van der Waals surface area contributed by atoms with E-state index in [1.165, 1.54) is 7.11 Å². The fourth-order valence-electron chi connectivity index (χ4n) is 4.27. The van der Waals surface area contributed by atoms with Crippen LogP contribution in [0.25, 0.3) is 0 Å². The van der Waals surface area contributed by atoms with Crippen LogP contribution in [0, 0.1) is 5.92 Å². The standard InChI is InChI=1S/C20H24ClNO5/c1-5-26-18(23)15-12(2)22-9-10-27-20(22,3)17(19(24)25-4)16(15)13-7-6-8-14(21)11-13/h6-8,11,16-17H,5,9-10H2,1-4H3. The minimum absolute atomic E-state index is 0.245. The quantitative estimate of drug-likeness (QED) is 0.732. The Kier molecular flexibility index (Phi) is 5.49. The van der Waals surface area contributed by atoms with Crippen molar-refractivity contribution in [2.24, 2.45) is 5.92 Å². The van der Waals surface area contributed by atoms with Crippen molar-refractivity contribution >= 4 is 23.5 Å². The first kappa shape index (κ1) is 19.7. The van der Waals surface area contributed by atoms with E-state index >= 15 is 0 Å². The minimum Gasteiger partial charge on any atom is -0.469 e. The van der Waals surface area contributed by atoms with E-state index in [0.717, 1.165) is 11.3 Å². The average Bonchev–Trinajstić information content (AvgIpc) is 3.03. The van der Waals surface area contributed by atoms with Gasteiger partial charge in [-0.05, 0) is 38.5 Å². The Balaban J connectivity index is 2.26. The van der Waals surface area contributed by atoms with Gasteiger partial charge in [0.25, 0.3) is 0 Å². The van der Waals surface area contributed by atoms with Gasteiger partial charge in [-0.1, -0.05) is 23.7 Å². The summed E-state index contributed by atoms with van der Waals surface area (Å²) in [5, 5.41) is 0.525. The van der Waals surface area contributed by atoms with Gasteiger partial charge in [-0.25, -0.2) is 4.79 Å². The van der Waals surface area contributed by atoms with E-state index in [2.05, 4.69) is 0 Å². The number of carbonyl (C=O) groups excluding carboxylic acids is 2. The molecule has 0 amide bonds. The topological polar surface area (TPSA) is 65.1 Å². The summed E-state index contributed by atoms with van der Waals surface area (Å²) in [5.41, 5.74) is 1.02. The Morgan fingerprint density at radius 1 is 1.41 bits per heavy atom. The molecule has 0 aliphatic carbocycles. The number of allylic oxidation sites excluding steroid dienone is 1. The first-order chi connectivity index (χ1) is 12.8. The highest BCUT2D eigenvalue weighted by molar-refractivity contribution is 6.30. The van der Waals surface area contributed by atoms with Gasteiger partial charge in [0.1, 0.15) is 5.92 Å². The van der Waals surface area contributed by atoms with Crippen LogP contribution in [0.4, 0.5) is 0 Å². The molecular weight excluding hydrogens is 370 g/mol. The molecule has 1 aromatic rings. The Labute approximate surface area is 164 Å². The lowest BCUT2D eigenvalue weighted by atomic mass is 9.71. The van der Waals surface area contributed by atoms with Crippen LogP contribution in [0.5, 0.6) is 0 Å². The maximum Gasteiger partial charge on any atom is 0.336 e. The summed E-state index contributed by atoms with van der Waals surface area (Å²) >= 11 is 6.21. The van der Waals surface area contributed by atoms with Crippen LogP contribution in [0.1, 0.15) is 32.3 Å². The molecule has 0 saturated carbocycles. The number of carbonyl (C=O) groups is 2. The lowest BCUT2D eigenvalue weighted by molar-refractivity contribution is -0.171. The zero-order valence-electron chi connectivity index (χ0n) is 16.0. The molecule has 2 heterocycles. The van der Waals surface area contributed by atoms with Crippen LogP contribution in [0.3, 0.4) is 0 Å². The van der Waals surface area contributed by atoms with Crippen LogP contribution < -0.4 is 0 Å². The highest BCUT2D eigenvalue weighted by atomic mass is 35.5. The molecule has 0 spiro atoms. The average molecular weight is 394 g/mol. The molecule has 3 atom stereocenters. The van der Waals surface area contributed by atoms with E-state index in [1.54, 1.807) is 25.1 Å². The van der Waals surface area contributed by atoms with Crippen molar-refractivity contribution in [2.75, 3.05) is 26.9 Å². The molecule has 6 nitrogen and oxygen atoms in total. The lowest BCUT2D eigenvalue weighted by Gasteiger charge is -2.48. The third-order valence-electron chi connectivity index (χ3n) is 5.42. The molecule has 1 aromatic carbocycles. The van der Waals surface area contributed by atoms with Crippen LogP contribution in [-0.2, 0) is 23.8 Å². The Bertz CT molecular complexity index is 792. The molecular formula is C20H24ClNO5. The van der Waals surface area contributed by atoms with Gasteiger partial charge in [0, 0.05) is 23.2 Å². The number of hydrogen-bond donors (Lipinski definition) is 0. The smallest absolute Gasteiger partial charge is 0.336 e. The molecule has 27 heavy (non-hydrogen) atoms. The van der Waals surface area contributed by atoms with Gasteiger partial charge in [0.15, 0.2) is 5.72 Å². The van der Waals surface area contributed by atoms with Crippen molar-refractivity contribution in [3.8, 4) is 0 Å². The van der Waals surface area contributed by atoms with Crippen LogP contribution in [0.2, 0.25) is 5.02 Å². The summed E-state index contributed by atoms with van der Waals surface area (Å²) in [6, 6.07) is 7.17. The van der Waals surface area contributed by atoms with Crippen molar-refractivity contribution in [1.82, 2.24) is 4.90 Å². The van der Waals surface area contributed by atoms with Gasteiger partial charge in [-0.3, -0.25) is 4.79 Å². The summed E-state index contributed by atoms with van der Waals surface area (Å²) in [4.78, 5) is 27.7. The van der Waals surface area contributed by atoms with E-state index in [1.807, 2.05) is 24.8 Å². The monoisotopic (exact) mass is 393 g/mol. The zero-order chi connectivity index (χ0) is 19.8. The number of hydrogen-bond acceptors (Lipinski definition) is 6. The van der Waals surface area contributed by atoms with Gasteiger partial charge in [-0.2, -0.15) is 0 Å². The van der Waals surface area contributed by atoms with E-state index in [-0.39, 0.29) is 6.61 Å². The molecule has 7 heteroatoms.